The predicted molar refractivity (Wildman–Crippen MR) is 99.4 cm³/mol. The molecule has 5 nitrogen and oxygen atoms in total. The van der Waals surface area contributed by atoms with Gasteiger partial charge in [-0.15, -0.1) is 9.30 Å². The highest BCUT2D eigenvalue weighted by molar-refractivity contribution is 6.31. The van der Waals surface area contributed by atoms with Crippen molar-refractivity contribution in [2.75, 3.05) is 0 Å². The van der Waals surface area contributed by atoms with Gasteiger partial charge in [-0.3, -0.25) is 0 Å². The van der Waals surface area contributed by atoms with Crippen molar-refractivity contribution >= 4 is 40.6 Å². The SMILES string of the molecule is O=c1n(Cl)nc2c(-c3ccc(Cl)cc3)c(-c3ccc(Cl)cc3)ncn12. The molecule has 2 aromatic heterocycles. The molecule has 2 heterocycles. The third-order valence-electron chi connectivity index (χ3n) is 3.79. The summed E-state index contributed by atoms with van der Waals surface area (Å²) in [7, 11) is 0. The number of hydrogen-bond acceptors (Lipinski definition) is 3. The minimum absolute atomic E-state index is 0.405. The Morgan fingerprint density at radius 1 is 0.840 bits per heavy atom. The zero-order chi connectivity index (χ0) is 17.6. The van der Waals surface area contributed by atoms with Crippen LogP contribution in [-0.4, -0.2) is 18.7 Å². The maximum Gasteiger partial charge on any atom is 0.367 e. The van der Waals surface area contributed by atoms with E-state index in [1.165, 1.54) is 10.7 Å². The number of aromatic nitrogens is 4. The number of nitrogens with zero attached hydrogens (tertiary/aromatic N) is 4. The minimum atomic E-state index is -0.484. The van der Waals surface area contributed by atoms with Crippen molar-refractivity contribution in [2.24, 2.45) is 0 Å². The summed E-state index contributed by atoms with van der Waals surface area (Å²) < 4.78 is 2.07. The first kappa shape index (κ1) is 16.1. The van der Waals surface area contributed by atoms with Crippen molar-refractivity contribution < 1.29 is 0 Å². The van der Waals surface area contributed by atoms with Crippen LogP contribution in [0.4, 0.5) is 0 Å². The van der Waals surface area contributed by atoms with Gasteiger partial charge < -0.3 is 0 Å². The zero-order valence-electron chi connectivity index (χ0n) is 12.5. The van der Waals surface area contributed by atoms with Crippen molar-refractivity contribution in [3.63, 3.8) is 0 Å². The molecule has 0 unspecified atom stereocenters. The van der Waals surface area contributed by atoms with Gasteiger partial charge in [-0.05, 0) is 29.8 Å². The van der Waals surface area contributed by atoms with Gasteiger partial charge in [0.15, 0.2) is 5.65 Å². The summed E-state index contributed by atoms with van der Waals surface area (Å²) in [6.07, 6.45) is 1.41. The fourth-order valence-electron chi connectivity index (χ4n) is 2.62. The Balaban J connectivity index is 2.08. The molecule has 0 N–H and O–H groups in total. The van der Waals surface area contributed by atoms with E-state index in [0.29, 0.717) is 26.9 Å². The van der Waals surface area contributed by atoms with E-state index in [9.17, 15) is 4.79 Å². The van der Waals surface area contributed by atoms with Gasteiger partial charge in [-0.1, -0.05) is 47.5 Å². The normalized spacial score (nSPS) is 11.2. The van der Waals surface area contributed by atoms with Crippen LogP contribution in [0, 0.1) is 0 Å². The molecule has 8 heteroatoms. The Bertz CT molecular complexity index is 1130. The van der Waals surface area contributed by atoms with Gasteiger partial charge in [-0.25, -0.2) is 14.2 Å². The Labute approximate surface area is 157 Å². The average molecular weight is 392 g/mol. The molecule has 0 aliphatic heterocycles. The summed E-state index contributed by atoms with van der Waals surface area (Å²) in [6, 6.07) is 14.5. The van der Waals surface area contributed by atoms with Crippen molar-refractivity contribution in [3.8, 4) is 22.4 Å². The first-order chi connectivity index (χ1) is 12.0. The zero-order valence-corrected chi connectivity index (χ0v) is 14.8. The molecular weight excluding hydrogens is 383 g/mol. The summed E-state index contributed by atoms with van der Waals surface area (Å²) in [5.41, 5.74) is 2.92. The topological polar surface area (TPSA) is 52.2 Å². The highest BCUT2D eigenvalue weighted by Crippen LogP contribution is 2.33. The Kier molecular flexibility index (Phi) is 4.00. The van der Waals surface area contributed by atoms with Crippen LogP contribution in [0.1, 0.15) is 0 Å². The van der Waals surface area contributed by atoms with Gasteiger partial charge in [0.2, 0.25) is 0 Å². The lowest BCUT2D eigenvalue weighted by Crippen LogP contribution is -2.14. The third-order valence-corrected chi connectivity index (χ3v) is 4.51. The lowest BCUT2D eigenvalue weighted by molar-refractivity contribution is 0.932. The molecule has 124 valence electrons. The molecular formula is C17H9Cl3N4O. The second-order valence-corrected chi connectivity index (χ2v) is 6.51. The smallest absolute Gasteiger partial charge is 0.244 e. The van der Waals surface area contributed by atoms with E-state index in [0.717, 1.165) is 15.3 Å². The van der Waals surface area contributed by atoms with Crippen molar-refractivity contribution in [1.29, 1.82) is 0 Å². The van der Waals surface area contributed by atoms with E-state index in [1.807, 2.05) is 24.3 Å². The summed E-state index contributed by atoms with van der Waals surface area (Å²) >= 11 is 17.8. The largest absolute Gasteiger partial charge is 0.367 e. The predicted octanol–water partition coefficient (Wildman–Crippen LogP) is 4.53. The summed E-state index contributed by atoms with van der Waals surface area (Å²) in [6.45, 7) is 0. The first-order valence-corrected chi connectivity index (χ1v) is 8.32. The van der Waals surface area contributed by atoms with Crippen LogP contribution in [0.15, 0.2) is 59.7 Å². The van der Waals surface area contributed by atoms with E-state index in [-0.39, 0.29) is 0 Å². The molecule has 2 aromatic carbocycles. The van der Waals surface area contributed by atoms with Crippen molar-refractivity contribution in [2.45, 2.75) is 0 Å². The van der Waals surface area contributed by atoms with Crippen LogP contribution in [-0.2, 0) is 0 Å². The van der Waals surface area contributed by atoms with Gasteiger partial charge in [-0.2, -0.15) is 0 Å². The molecule has 0 radical (unpaired) electrons. The molecule has 0 saturated carbocycles. The van der Waals surface area contributed by atoms with Gasteiger partial charge in [0, 0.05) is 27.4 Å². The fraction of sp³-hybridized carbons (Fsp3) is 0. The summed E-state index contributed by atoms with van der Waals surface area (Å²) in [5.74, 6) is 0. The molecule has 0 spiro atoms. The van der Waals surface area contributed by atoms with E-state index < -0.39 is 5.69 Å². The molecule has 0 aliphatic carbocycles. The van der Waals surface area contributed by atoms with E-state index in [1.54, 1.807) is 24.3 Å². The van der Waals surface area contributed by atoms with Crippen LogP contribution < -0.4 is 5.69 Å². The van der Waals surface area contributed by atoms with Crippen molar-refractivity contribution in [1.82, 2.24) is 18.7 Å². The minimum Gasteiger partial charge on any atom is -0.244 e. The molecule has 0 atom stereocenters. The Hall–Kier alpha value is -2.34. The van der Waals surface area contributed by atoms with E-state index in [2.05, 4.69) is 10.1 Å². The van der Waals surface area contributed by atoms with Crippen LogP contribution in [0.25, 0.3) is 28.0 Å². The quantitative estimate of drug-likeness (QED) is 0.504. The van der Waals surface area contributed by atoms with Crippen LogP contribution >= 0.6 is 35.0 Å². The van der Waals surface area contributed by atoms with Crippen molar-refractivity contribution in [3.05, 3.63) is 75.4 Å². The number of rotatable bonds is 2. The van der Waals surface area contributed by atoms with E-state index >= 15 is 0 Å². The van der Waals surface area contributed by atoms with Crippen LogP contribution in [0.3, 0.4) is 0 Å². The van der Waals surface area contributed by atoms with Gasteiger partial charge in [0.25, 0.3) is 0 Å². The lowest BCUT2D eigenvalue weighted by atomic mass is 10.0. The molecule has 4 rings (SSSR count). The Morgan fingerprint density at radius 2 is 1.40 bits per heavy atom. The summed E-state index contributed by atoms with van der Waals surface area (Å²) in [5, 5.41) is 5.38. The Morgan fingerprint density at radius 3 is 2.00 bits per heavy atom. The summed E-state index contributed by atoms with van der Waals surface area (Å²) in [4.78, 5) is 16.6. The van der Waals surface area contributed by atoms with Crippen LogP contribution in [0.2, 0.25) is 10.0 Å². The second-order valence-electron chi connectivity index (χ2n) is 5.32. The van der Waals surface area contributed by atoms with Gasteiger partial charge >= 0.3 is 5.69 Å². The van der Waals surface area contributed by atoms with Crippen LogP contribution in [0.5, 0.6) is 0 Å². The average Bonchev–Trinajstić information content (AvgIpc) is 2.90. The molecule has 0 amide bonds. The first-order valence-electron chi connectivity index (χ1n) is 7.23. The highest BCUT2D eigenvalue weighted by atomic mass is 35.5. The molecule has 4 aromatic rings. The van der Waals surface area contributed by atoms with E-state index in [4.69, 9.17) is 35.0 Å². The standard InChI is InChI=1S/C17H9Cl3N4O/c18-12-5-1-10(2-6-12)14-15(11-3-7-13(19)8-4-11)21-9-23-16(14)22-24(20)17(23)25/h1-9H. The van der Waals surface area contributed by atoms with Gasteiger partial charge in [0.05, 0.1) is 11.3 Å². The number of hydrogen-bond donors (Lipinski definition) is 0. The lowest BCUT2D eigenvalue weighted by Gasteiger charge is -2.10. The third kappa shape index (κ3) is 2.80. The molecule has 0 fully saturated rings. The molecule has 0 saturated heterocycles. The number of benzene rings is 2. The molecule has 0 aliphatic rings. The number of halogens is 3. The molecule has 25 heavy (non-hydrogen) atoms. The van der Waals surface area contributed by atoms with Gasteiger partial charge in [0.1, 0.15) is 6.33 Å². The number of fused-ring (bicyclic) bond motifs is 1. The fourth-order valence-corrected chi connectivity index (χ4v) is 3.03. The maximum absolute atomic E-state index is 12.1. The monoisotopic (exact) mass is 390 g/mol. The maximum atomic E-state index is 12.1. The highest BCUT2D eigenvalue weighted by Gasteiger charge is 2.18. The second kappa shape index (κ2) is 6.19. The molecule has 0 bridgehead atoms.